The highest BCUT2D eigenvalue weighted by atomic mass is 32.2. The Morgan fingerprint density at radius 3 is 3.10 bits per heavy atom. The van der Waals surface area contributed by atoms with E-state index in [0.29, 0.717) is 10.7 Å². The number of fused-ring (bicyclic) bond motifs is 1. The molecule has 0 aliphatic rings. The van der Waals surface area contributed by atoms with E-state index in [0.717, 1.165) is 21.8 Å². The topological polar surface area (TPSA) is 73.3 Å². The molecular formula is C13H12N4OS2. The van der Waals surface area contributed by atoms with Gasteiger partial charge >= 0.3 is 0 Å². The lowest BCUT2D eigenvalue weighted by Crippen LogP contribution is -2.14. The second kappa shape index (κ2) is 5.26. The number of nitrogen functional groups attached to an aromatic ring is 1. The zero-order valence-electron chi connectivity index (χ0n) is 10.7. The molecule has 2 aromatic heterocycles. The van der Waals surface area contributed by atoms with Crippen LogP contribution in [-0.4, -0.2) is 14.6 Å². The van der Waals surface area contributed by atoms with Gasteiger partial charge in [-0.1, -0.05) is 17.4 Å². The monoisotopic (exact) mass is 304 g/mol. The first-order valence-electron chi connectivity index (χ1n) is 5.95. The third-order valence-electron chi connectivity index (χ3n) is 2.78. The van der Waals surface area contributed by atoms with E-state index >= 15 is 0 Å². The van der Waals surface area contributed by atoms with Crippen molar-refractivity contribution in [3.8, 4) is 0 Å². The third-order valence-corrected chi connectivity index (χ3v) is 4.56. The van der Waals surface area contributed by atoms with Gasteiger partial charge in [-0.25, -0.2) is 4.98 Å². The van der Waals surface area contributed by atoms with Crippen molar-refractivity contribution < 1.29 is 0 Å². The van der Waals surface area contributed by atoms with E-state index in [1.165, 1.54) is 21.9 Å². The Hall–Kier alpha value is -1.86. The zero-order valence-corrected chi connectivity index (χ0v) is 12.4. The van der Waals surface area contributed by atoms with Gasteiger partial charge in [0.2, 0.25) is 4.96 Å². The normalized spacial score (nSPS) is 11.1. The Morgan fingerprint density at radius 1 is 1.40 bits per heavy atom. The molecule has 0 radical (unpaired) electrons. The van der Waals surface area contributed by atoms with Gasteiger partial charge in [-0.3, -0.25) is 4.79 Å². The molecule has 0 fully saturated rings. The Kier molecular flexibility index (Phi) is 3.45. The minimum Gasteiger partial charge on any atom is -0.398 e. The Bertz CT molecular complexity index is 825. The van der Waals surface area contributed by atoms with E-state index in [1.54, 1.807) is 17.3 Å². The smallest absolute Gasteiger partial charge is 0.275 e. The summed E-state index contributed by atoms with van der Waals surface area (Å²) in [6, 6.07) is 7.43. The largest absolute Gasteiger partial charge is 0.398 e. The second-order valence-corrected chi connectivity index (χ2v) is 6.18. The van der Waals surface area contributed by atoms with E-state index in [1.807, 2.05) is 25.1 Å². The highest BCUT2D eigenvalue weighted by Crippen LogP contribution is 2.28. The number of nitrogens with zero attached hydrogens (tertiary/aromatic N) is 3. The van der Waals surface area contributed by atoms with Gasteiger partial charge in [0.15, 0.2) is 0 Å². The number of nitrogens with two attached hydrogens (primary N) is 1. The Morgan fingerprint density at radius 2 is 2.25 bits per heavy atom. The summed E-state index contributed by atoms with van der Waals surface area (Å²) in [6.45, 7) is 2.03. The third kappa shape index (κ3) is 2.54. The van der Waals surface area contributed by atoms with Gasteiger partial charge in [-0.05, 0) is 24.6 Å². The fraction of sp³-hybridized carbons (Fsp3) is 0.154. The first kappa shape index (κ1) is 13.1. The van der Waals surface area contributed by atoms with E-state index in [-0.39, 0.29) is 5.56 Å². The van der Waals surface area contributed by atoms with Gasteiger partial charge in [-0.15, -0.1) is 11.8 Å². The van der Waals surface area contributed by atoms with Crippen LogP contribution in [0.25, 0.3) is 4.96 Å². The van der Waals surface area contributed by atoms with Crippen molar-refractivity contribution in [1.82, 2.24) is 14.6 Å². The molecule has 0 aliphatic heterocycles. The fourth-order valence-corrected chi connectivity index (χ4v) is 3.39. The molecule has 0 saturated heterocycles. The average molecular weight is 304 g/mol. The summed E-state index contributed by atoms with van der Waals surface area (Å²) in [5.41, 5.74) is 10.1. The maximum absolute atomic E-state index is 11.8. The number of aryl methyl sites for hydroxylation is 1. The zero-order chi connectivity index (χ0) is 14.1. The van der Waals surface area contributed by atoms with Gasteiger partial charge in [0.05, 0.1) is 5.69 Å². The number of rotatable bonds is 3. The van der Waals surface area contributed by atoms with Gasteiger partial charge in [0.1, 0.15) is 5.51 Å². The van der Waals surface area contributed by atoms with Crippen LogP contribution in [0.1, 0.15) is 11.3 Å². The van der Waals surface area contributed by atoms with Crippen LogP contribution < -0.4 is 11.3 Å². The van der Waals surface area contributed by atoms with Crippen LogP contribution in [-0.2, 0) is 5.75 Å². The lowest BCUT2D eigenvalue weighted by Gasteiger charge is -2.06. The minimum absolute atomic E-state index is 0.149. The molecule has 2 heterocycles. The van der Waals surface area contributed by atoms with Crippen LogP contribution in [0, 0.1) is 6.92 Å². The van der Waals surface area contributed by atoms with Crippen LogP contribution in [0.5, 0.6) is 0 Å². The molecule has 0 bridgehead atoms. The molecule has 102 valence electrons. The quantitative estimate of drug-likeness (QED) is 0.594. The molecule has 3 rings (SSSR count). The maximum atomic E-state index is 11.8. The molecule has 0 atom stereocenters. The Balaban J connectivity index is 1.86. The van der Waals surface area contributed by atoms with Gasteiger partial charge < -0.3 is 5.73 Å². The molecule has 1 aromatic carbocycles. The summed E-state index contributed by atoms with van der Waals surface area (Å²) in [6.07, 6.45) is 0. The molecule has 0 spiro atoms. The predicted octanol–water partition coefficient (Wildman–Crippen LogP) is 2.33. The van der Waals surface area contributed by atoms with Crippen molar-refractivity contribution in [2.45, 2.75) is 17.6 Å². The average Bonchev–Trinajstić information content (AvgIpc) is 2.89. The summed E-state index contributed by atoms with van der Waals surface area (Å²) < 4.78 is 1.31. The van der Waals surface area contributed by atoms with E-state index < -0.39 is 0 Å². The molecule has 0 unspecified atom stereocenters. The number of hydrogen-bond donors (Lipinski definition) is 1. The number of hydrogen-bond acceptors (Lipinski definition) is 6. The van der Waals surface area contributed by atoms with Crippen LogP contribution in [0.2, 0.25) is 0 Å². The van der Waals surface area contributed by atoms with Crippen LogP contribution >= 0.6 is 23.1 Å². The summed E-state index contributed by atoms with van der Waals surface area (Å²) in [7, 11) is 0. The summed E-state index contributed by atoms with van der Waals surface area (Å²) in [5, 5.41) is 3.94. The maximum Gasteiger partial charge on any atom is 0.275 e. The molecule has 5 nitrogen and oxygen atoms in total. The first-order valence-corrected chi connectivity index (χ1v) is 7.81. The summed E-state index contributed by atoms with van der Waals surface area (Å²) in [4.78, 5) is 17.9. The number of anilines is 1. The summed E-state index contributed by atoms with van der Waals surface area (Å²) >= 11 is 2.93. The van der Waals surface area contributed by atoms with Crippen molar-refractivity contribution in [1.29, 1.82) is 0 Å². The van der Waals surface area contributed by atoms with Crippen LogP contribution in [0.4, 0.5) is 5.69 Å². The highest BCUT2D eigenvalue weighted by Gasteiger charge is 2.06. The van der Waals surface area contributed by atoms with Crippen LogP contribution in [0.3, 0.4) is 0 Å². The van der Waals surface area contributed by atoms with Crippen molar-refractivity contribution in [3.63, 3.8) is 0 Å². The highest BCUT2D eigenvalue weighted by molar-refractivity contribution is 7.98. The molecule has 0 saturated carbocycles. The predicted molar refractivity (Wildman–Crippen MR) is 82.3 cm³/mol. The van der Waals surface area contributed by atoms with E-state index in [2.05, 4.69) is 10.1 Å². The number of thioether (sulfide) groups is 1. The van der Waals surface area contributed by atoms with Gasteiger partial charge in [0, 0.05) is 22.4 Å². The lowest BCUT2D eigenvalue weighted by atomic mass is 10.2. The van der Waals surface area contributed by atoms with E-state index in [4.69, 9.17) is 5.73 Å². The second-order valence-electron chi connectivity index (χ2n) is 4.35. The van der Waals surface area contributed by atoms with Crippen molar-refractivity contribution in [2.24, 2.45) is 0 Å². The molecule has 3 aromatic rings. The summed E-state index contributed by atoms with van der Waals surface area (Å²) in [5.74, 6) is 0.608. The number of aromatic nitrogens is 3. The molecule has 7 heteroatoms. The molecular weight excluding hydrogens is 292 g/mol. The molecule has 0 amide bonds. The standard InChI is InChI=1S/C13H12N4OS2/c1-8-2-3-10(14)11(4-8)19-6-9-5-12(18)17-13(16-9)20-7-15-17/h2-5,7H,6,14H2,1H3. The SMILES string of the molecule is Cc1ccc(N)c(SCc2cc(=O)n3ncsc3n2)c1. The van der Waals surface area contributed by atoms with Gasteiger partial charge in [0.25, 0.3) is 5.56 Å². The molecule has 20 heavy (non-hydrogen) atoms. The fourth-order valence-electron chi connectivity index (χ4n) is 1.79. The minimum atomic E-state index is -0.149. The van der Waals surface area contributed by atoms with E-state index in [9.17, 15) is 4.79 Å². The van der Waals surface area contributed by atoms with Crippen LogP contribution in [0.15, 0.2) is 39.5 Å². The molecule has 2 N–H and O–H groups in total. The van der Waals surface area contributed by atoms with Crippen molar-refractivity contribution in [3.05, 3.63) is 51.4 Å². The van der Waals surface area contributed by atoms with Crippen molar-refractivity contribution in [2.75, 3.05) is 5.73 Å². The first-order chi connectivity index (χ1) is 9.63. The Labute approximate surface area is 123 Å². The number of benzene rings is 1. The lowest BCUT2D eigenvalue weighted by molar-refractivity contribution is 0.888. The van der Waals surface area contributed by atoms with Crippen molar-refractivity contribution >= 4 is 33.7 Å². The molecule has 0 aliphatic carbocycles. The van der Waals surface area contributed by atoms with Gasteiger partial charge in [-0.2, -0.15) is 9.61 Å².